The number of primary sulfonamides is 1. The highest BCUT2D eigenvalue weighted by atomic mass is 32.2. The number of benzene rings is 2. The summed E-state index contributed by atoms with van der Waals surface area (Å²) in [7, 11) is -3.82. The summed E-state index contributed by atoms with van der Waals surface area (Å²) in [6.07, 6.45) is 0.481. The Morgan fingerprint density at radius 1 is 1.30 bits per heavy atom. The standard InChI is InChI=1S/C17H17N3O6S/c1-11-2-5-16(15(8-11)20(22)23)26-10-17(21)19-7-6-12-9-13(27(18,24)25)3-4-14(12)19/h2-5,8-9H,6-7,10H2,1H3,(H2,18,24,25). The molecule has 1 aliphatic heterocycles. The van der Waals surface area contributed by atoms with Crippen LogP contribution in [0, 0.1) is 17.0 Å². The van der Waals surface area contributed by atoms with Gasteiger partial charge in [0.2, 0.25) is 10.0 Å². The number of carbonyl (C=O) groups is 1. The highest BCUT2D eigenvalue weighted by Gasteiger charge is 2.27. The number of aryl methyl sites for hydroxylation is 1. The number of carbonyl (C=O) groups excluding carboxylic acids is 1. The molecule has 2 aromatic carbocycles. The van der Waals surface area contributed by atoms with Crippen LogP contribution in [0.3, 0.4) is 0 Å². The number of fused-ring (bicyclic) bond motifs is 1. The van der Waals surface area contributed by atoms with Gasteiger partial charge in [-0.2, -0.15) is 0 Å². The molecule has 27 heavy (non-hydrogen) atoms. The maximum absolute atomic E-state index is 12.5. The van der Waals surface area contributed by atoms with Crippen LogP contribution in [0.1, 0.15) is 11.1 Å². The van der Waals surface area contributed by atoms with Crippen molar-refractivity contribution in [1.29, 1.82) is 0 Å². The molecule has 0 spiro atoms. The molecule has 0 radical (unpaired) electrons. The first kappa shape index (κ1) is 18.8. The number of hydrogen-bond acceptors (Lipinski definition) is 6. The molecule has 0 aromatic heterocycles. The van der Waals surface area contributed by atoms with E-state index in [1.165, 1.54) is 35.2 Å². The van der Waals surface area contributed by atoms with Gasteiger partial charge in [-0.15, -0.1) is 0 Å². The summed E-state index contributed by atoms with van der Waals surface area (Å²) in [5, 5.41) is 16.2. The summed E-state index contributed by atoms with van der Waals surface area (Å²) in [5.74, 6) is -0.366. The second kappa shape index (κ2) is 6.97. The molecule has 2 aromatic rings. The normalized spacial score (nSPS) is 13.3. The van der Waals surface area contributed by atoms with Gasteiger partial charge in [-0.1, -0.05) is 6.07 Å². The Morgan fingerprint density at radius 2 is 2.04 bits per heavy atom. The monoisotopic (exact) mass is 391 g/mol. The van der Waals surface area contributed by atoms with Gasteiger partial charge in [-0.25, -0.2) is 13.6 Å². The van der Waals surface area contributed by atoms with Crippen molar-refractivity contribution < 1.29 is 22.9 Å². The van der Waals surface area contributed by atoms with Gasteiger partial charge in [0.15, 0.2) is 12.4 Å². The van der Waals surface area contributed by atoms with Crippen LogP contribution in [0.2, 0.25) is 0 Å². The Kier molecular flexibility index (Phi) is 4.85. The van der Waals surface area contributed by atoms with Gasteiger partial charge in [0.25, 0.3) is 5.91 Å². The van der Waals surface area contributed by atoms with Crippen molar-refractivity contribution >= 4 is 27.3 Å². The lowest BCUT2D eigenvalue weighted by Gasteiger charge is -2.18. The van der Waals surface area contributed by atoms with Gasteiger partial charge in [0.1, 0.15) is 0 Å². The fourth-order valence-electron chi connectivity index (χ4n) is 2.92. The fraction of sp³-hybridized carbons (Fsp3) is 0.235. The predicted octanol–water partition coefficient (Wildman–Crippen LogP) is 1.52. The second-order valence-corrected chi connectivity index (χ2v) is 7.71. The second-order valence-electron chi connectivity index (χ2n) is 6.15. The fourth-order valence-corrected chi connectivity index (χ4v) is 3.49. The molecule has 0 saturated heterocycles. The molecule has 0 fully saturated rings. The van der Waals surface area contributed by atoms with E-state index in [4.69, 9.17) is 9.88 Å². The molecule has 142 valence electrons. The van der Waals surface area contributed by atoms with Crippen LogP contribution in [-0.2, 0) is 21.2 Å². The van der Waals surface area contributed by atoms with Crippen LogP contribution in [0.15, 0.2) is 41.3 Å². The number of sulfonamides is 1. The molecule has 1 heterocycles. The Balaban J connectivity index is 1.76. The van der Waals surface area contributed by atoms with Gasteiger partial charge in [-0.3, -0.25) is 14.9 Å². The minimum atomic E-state index is -3.82. The maximum atomic E-state index is 12.5. The zero-order valence-corrected chi connectivity index (χ0v) is 15.2. The lowest BCUT2D eigenvalue weighted by Crippen LogP contribution is -2.33. The maximum Gasteiger partial charge on any atom is 0.311 e. The Bertz CT molecular complexity index is 1030. The minimum absolute atomic E-state index is 0.0120. The number of nitro benzene ring substituents is 1. The summed E-state index contributed by atoms with van der Waals surface area (Å²) in [5.41, 5.74) is 1.77. The summed E-state index contributed by atoms with van der Waals surface area (Å²) in [4.78, 5) is 24.5. The van der Waals surface area contributed by atoms with E-state index < -0.39 is 14.9 Å². The molecular formula is C17H17N3O6S. The lowest BCUT2D eigenvalue weighted by molar-refractivity contribution is -0.385. The topological polar surface area (TPSA) is 133 Å². The number of amides is 1. The molecule has 1 amide bonds. The third-order valence-electron chi connectivity index (χ3n) is 4.24. The zero-order valence-electron chi connectivity index (χ0n) is 14.4. The lowest BCUT2D eigenvalue weighted by atomic mass is 10.2. The van der Waals surface area contributed by atoms with Gasteiger partial charge in [0, 0.05) is 18.3 Å². The van der Waals surface area contributed by atoms with Crippen molar-refractivity contribution in [3.8, 4) is 5.75 Å². The van der Waals surface area contributed by atoms with E-state index >= 15 is 0 Å². The zero-order chi connectivity index (χ0) is 19.8. The van der Waals surface area contributed by atoms with E-state index in [0.717, 1.165) is 0 Å². The first-order chi connectivity index (χ1) is 12.7. The number of ether oxygens (including phenoxy) is 1. The summed E-state index contributed by atoms with van der Waals surface area (Å²) in [6.45, 7) is 1.71. The molecule has 1 aliphatic rings. The first-order valence-electron chi connectivity index (χ1n) is 8.01. The van der Waals surface area contributed by atoms with Crippen molar-refractivity contribution in [2.24, 2.45) is 5.14 Å². The summed E-state index contributed by atoms with van der Waals surface area (Å²) in [6, 6.07) is 8.80. The first-order valence-corrected chi connectivity index (χ1v) is 9.55. The van der Waals surface area contributed by atoms with Gasteiger partial charge < -0.3 is 9.64 Å². The number of nitrogens with two attached hydrogens (primary N) is 1. The third kappa shape index (κ3) is 3.91. The quantitative estimate of drug-likeness (QED) is 0.607. The molecule has 0 saturated carbocycles. The highest BCUT2D eigenvalue weighted by Crippen LogP contribution is 2.31. The van der Waals surface area contributed by atoms with Crippen LogP contribution < -0.4 is 14.8 Å². The van der Waals surface area contributed by atoms with Crippen LogP contribution in [0.25, 0.3) is 0 Å². The van der Waals surface area contributed by atoms with Gasteiger partial charge >= 0.3 is 5.69 Å². The SMILES string of the molecule is Cc1ccc(OCC(=O)N2CCc3cc(S(N)(=O)=O)ccc32)c([N+](=O)[O-])c1. The van der Waals surface area contributed by atoms with Crippen LogP contribution in [0.4, 0.5) is 11.4 Å². The van der Waals surface area contributed by atoms with Crippen molar-refractivity contribution in [3.05, 3.63) is 57.6 Å². The van der Waals surface area contributed by atoms with E-state index in [1.54, 1.807) is 13.0 Å². The Labute approximate surface area is 155 Å². The molecule has 0 unspecified atom stereocenters. The number of rotatable bonds is 5. The van der Waals surface area contributed by atoms with Crippen molar-refractivity contribution in [3.63, 3.8) is 0 Å². The average Bonchev–Trinajstić information content (AvgIpc) is 3.02. The summed E-state index contributed by atoms with van der Waals surface area (Å²) >= 11 is 0. The van der Waals surface area contributed by atoms with Crippen molar-refractivity contribution in [2.75, 3.05) is 18.1 Å². The number of nitrogens with zero attached hydrogens (tertiary/aromatic N) is 2. The summed E-state index contributed by atoms with van der Waals surface area (Å²) < 4.78 is 28.3. The van der Waals surface area contributed by atoms with E-state index in [2.05, 4.69) is 0 Å². The molecular weight excluding hydrogens is 374 g/mol. The molecule has 0 aliphatic carbocycles. The van der Waals surface area contributed by atoms with E-state index in [0.29, 0.717) is 29.8 Å². The van der Waals surface area contributed by atoms with E-state index in [-0.39, 0.29) is 28.8 Å². The van der Waals surface area contributed by atoms with Gasteiger partial charge in [0.05, 0.1) is 9.82 Å². The van der Waals surface area contributed by atoms with Crippen LogP contribution >= 0.6 is 0 Å². The largest absolute Gasteiger partial charge is 0.477 e. The number of hydrogen-bond donors (Lipinski definition) is 1. The van der Waals surface area contributed by atoms with E-state index in [9.17, 15) is 23.3 Å². The molecule has 10 heteroatoms. The van der Waals surface area contributed by atoms with Crippen LogP contribution in [0.5, 0.6) is 5.75 Å². The van der Waals surface area contributed by atoms with Crippen LogP contribution in [-0.4, -0.2) is 32.4 Å². The molecule has 3 rings (SSSR count). The molecule has 0 atom stereocenters. The van der Waals surface area contributed by atoms with E-state index in [1.807, 2.05) is 0 Å². The Hall–Kier alpha value is -2.98. The Morgan fingerprint density at radius 3 is 2.70 bits per heavy atom. The van der Waals surface area contributed by atoms with Crippen molar-refractivity contribution in [2.45, 2.75) is 18.2 Å². The minimum Gasteiger partial charge on any atom is -0.477 e. The molecule has 2 N–H and O–H groups in total. The number of anilines is 1. The van der Waals surface area contributed by atoms with Gasteiger partial charge in [-0.05, 0) is 48.7 Å². The predicted molar refractivity (Wildman–Crippen MR) is 97.2 cm³/mol. The average molecular weight is 391 g/mol. The van der Waals surface area contributed by atoms with Crippen molar-refractivity contribution in [1.82, 2.24) is 0 Å². The smallest absolute Gasteiger partial charge is 0.311 e. The molecule has 0 bridgehead atoms. The highest BCUT2D eigenvalue weighted by molar-refractivity contribution is 7.89. The third-order valence-corrected chi connectivity index (χ3v) is 5.15. The number of nitro groups is 1. The molecule has 9 nitrogen and oxygen atoms in total.